The van der Waals surface area contributed by atoms with Gasteiger partial charge in [0.05, 0.1) is 5.69 Å². The zero-order valence-corrected chi connectivity index (χ0v) is 7.72. The van der Waals surface area contributed by atoms with Gasteiger partial charge >= 0.3 is 0 Å². The highest BCUT2D eigenvalue weighted by Gasteiger charge is 2.14. The van der Waals surface area contributed by atoms with Gasteiger partial charge in [-0.2, -0.15) is 0 Å². The van der Waals surface area contributed by atoms with Crippen molar-refractivity contribution in [2.24, 2.45) is 0 Å². The quantitative estimate of drug-likeness (QED) is 0.711. The molecule has 2 rings (SSSR count). The van der Waals surface area contributed by atoms with Crippen LogP contribution in [0.5, 0.6) is 0 Å². The number of pyridine rings is 1. The highest BCUT2D eigenvalue weighted by Crippen LogP contribution is 2.24. The van der Waals surface area contributed by atoms with E-state index in [0.29, 0.717) is 0 Å². The van der Waals surface area contributed by atoms with Gasteiger partial charge in [-0.1, -0.05) is 12.6 Å². The Hall–Kier alpha value is -1.35. The predicted octanol–water partition coefficient (Wildman–Crippen LogP) is 1.28. The molecular formula is C10H13N3. The Balaban J connectivity index is 2.29. The van der Waals surface area contributed by atoms with E-state index in [1.165, 1.54) is 5.56 Å². The topological polar surface area (TPSA) is 37.0 Å². The summed E-state index contributed by atoms with van der Waals surface area (Å²) in [4.78, 5) is 4.46. The van der Waals surface area contributed by atoms with Crippen LogP contribution in [-0.2, 0) is 13.0 Å². The molecule has 0 aliphatic carbocycles. The molecule has 0 amide bonds. The number of fused-ring (bicyclic) bond motifs is 1. The SMILES string of the molecule is C=C1Cc2ccc(CNC)nc2N1. The molecular weight excluding hydrogens is 162 g/mol. The van der Waals surface area contributed by atoms with Gasteiger partial charge in [0, 0.05) is 24.2 Å². The van der Waals surface area contributed by atoms with Crippen LogP contribution in [0.4, 0.5) is 5.82 Å². The van der Waals surface area contributed by atoms with E-state index in [9.17, 15) is 0 Å². The molecule has 2 heterocycles. The number of nitrogens with zero attached hydrogens (tertiary/aromatic N) is 1. The van der Waals surface area contributed by atoms with E-state index in [4.69, 9.17) is 0 Å². The van der Waals surface area contributed by atoms with E-state index < -0.39 is 0 Å². The lowest BCUT2D eigenvalue weighted by Crippen LogP contribution is -2.07. The van der Waals surface area contributed by atoms with Crippen molar-refractivity contribution in [1.29, 1.82) is 0 Å². The number of allylic oxidation sites excluding steroid dienone is 1. The van der Waals surface area contributed by atoms with E-state index in [1.54, 1.807) is 0 Å². The van der Waals surface area contributed by atoms with Crippen LogP contribution in [0.25, 0.3) is 0 Å². The summed E-state index contributed by atoms with van der Waals surface area (Å²) in [6.07, 6.45) is 0.905. The minimum absolute atomic E-state index is 0.807. The van der Waals surface area contributed by atoms with Crippen LogP contribution >= 0.6 is 0 Å². The molecule has 1 aliphatic rings. The van der Waals surface area contributed by atoms with Crippen molar-refractivity contribution in [1.82, 2.24) is 10.3 Å². The largest absolute Gasteiger partial charge is 0.344 e. The first-order chi connectivity index (χ1) is 6.29. The average molecular weight is 175 g/mol. The van der Waals surface area contributed by atoms with Crippen molar-refractivity contribution >= 4 is 5.82 Å². The van der Waals surface area contributed by atoms with Crippen molar-refractivity contribution in [3.8, 4) is 0 Å². The first-order valence-electron chi connectivity index (χ1n) is 4.38. The van der Waals surface area contributed by atoms with Crippen molar-refractivity contribution in [2.75, 3.05) is 12.4 Å². The highest BCUT2D eigenvalue weighted by molar-refractivity contribution is 5.56. The summed E-state index contributed by atoms with van der Waals surface area (Å²) < 4.78 is 0. The number of hydrogen-bond donors (Lipinski definition) is 2. The van der Waals surface area contributed by atoms with E-state index >= 15 is 0 Å². The maximum atomic E-state index is 4.46. The first kappa shape index (κ1) is 8.26. The lowest BCUT2D eigenvalue weighted by molar-refractivity contribution is 0.792. The zero-order chi connectivity index (χ0) is 9.26. The maximum Gasteiger partial charge on any atom is 0.134 e. The zero-order valence-electron chi connectivity index (χ0n) is 7.72. The molecule has 0 radical (unpaired) electrons. The van der Waals surface area contributed by atoms with Crippen molar-refractivity contribution in [2.45, 2.75) is 13.0 Å². The number of aromatic nitrogens is 1. The van der Waals surface area contributed by atoms with E-state index in [1.807, 2.05) is 7.05 Å². The molecule has 1 aromatic heterocycles. The fourth-order valence-electron chi connectivity index (χ4n) is 1.50. The Morgan fingerprint density at radius 3 is 3.23 bits per heavy atom. The van der Waals surface area contributed by atoms with Crippen molar-refractivity contribution < 1.29 is 0 Å². The first-order valence-corrected chi connectivity index (χ1v) is 4.38. The second-order valence-electron chi connectivity index (χ2n) is 3.25. The molecule has 13 heavy (non-hydrogen) atoms. The number of hydrogen-bond acceptors (Lipinski definition) is 3. The third kappa shape index (κ3) is 1.55. The lowest BCUT2D eigenvalue weighted by Gasteiger charge is -2.02. The molecule has 0 unspecified atom stereocenters. The second-order valence-corrected chi connectivity index (χ2v) is 3.25. The summed E-state index contributed by atoms with van der Waals surface area (Å²) in [5.41, 5.74) is 3.33. The van der Waals surface area contributed by atoms with Crippen LogP contribution in [0.15, 0.2) is 24.4 Å². The van der Waals surface area contributed by atoms with E-state index in [0.717, 1.165) is 30.2 Å². The predicted molar refractivity (Wildman–Crippen MR) is 53.5 cm³/mol. The molecule has 0 spiro atoms. The van der Waals surface area contributed by atoms with Gasteiger partial charge in [0.25, 0.3) is 0 Å². The van der Waals surface area contributed by atoms with Gasteiger partial charge in [0.15, 0.2) is 0 Å². The normalized spacial score (nSPS) is 14.1. The molecule has 0 atom stereocenters. The van der Waals surface area contributed by atoms with Crippen LogP contribution in [0.2, 0.25) is 0 Å². The second kappa shape index (κ2) is 3.18. The molecule has 1 aliphatic heterocycles. The van der Waals surface area contributed by atoms with Gasteiger partial charge in [0.2, 0.25) is 0 Å². The number of rotatable bonds is 2. The van der Waals surface area contributed by atoms with E-state index in [2.05, 4.69) is 34.3 Å². The maximum absolute atomic E-state index is 4.46. The minimum Gasteiger partial charge on any atom is -0.344 e. The van der Waals surface area contributed by atoms with Gasteiger partial charge in [-0.25, -0.2) is 4.98 Å². The molecule has 68 valence electrons. The summed E-state index contributed by atoms with van der Waals surface area (Å²) >= 11 is 0. The van der Waals surface area contributed by atoms with Crippen LogP contribution in [0.3, 0.4) is 0 Å². The van der Waals surface area contributed by atoms with Gasteiger partial charge in [-0.05, 0) is 13.1 Å². The summed E-state index contributed by atoms with van der Waals surface area (Å²) in [6, 6.07) is 4.16. The molecule has 3 nitrogen and oxygen atoms in total. The fourth-order valence-corrected chi connectivity index (χ4v) is 1.50. The van der Waals surface area contributed by atoms with Crippen LogP contribution in [0.1, 0.15) is 11.3 Å². The molecule has 0 aromatic carbocycles. The highest BCUT2D eigenvalue weighted by atomic mass is 15.0. The molecule has 0 fully saturated rings. The van der Waals surface area contributed by atoms with Crippen LogP contribution < -0.4 is 10.6 Å². The molecule has 1 aromatic rings. The minimum atomic E-state index is 0.807. The lowest BCUT2D eigenvalue weighted by atomic mass is 10.2. The number of nitrogens with one attached hydrogen (secondary N) is 2. The Bertz CT molecular complexity index is 344. The summed E-state index contributed by atoms with van der Waals surface area (Å²) in [7, 11) is 1.92. The Morgan fingerprint density at radius 1 is 1.62 bits per heavy atom. The molecule has 3 heteroatoms. The monoisotopic (exact) mass is 175 g/mol. The molecule has 0 saturated heterocycles. The summed E-state index contributed by atoms with van der Waals surface area (Å²) in [6.45, 7) is 4.68. The number of anilines is 1. The van der Waals surface area contributed by atoms with Crippen molar-refractivity contribution in [3.63, 3.8) is 0 Å². The van der Waals surface area contributed by atoms with Crippen molar-refractivity contribution in [3.05, 3.63) is 35.7 Å². The molecule has 0 bridgehead atoms. The fraction of sp³-hybridized carbons (Fsp3) is 0.300. The van der Waals surface area contributed by atoms with E-state index in [-0.39, 0.29) is 0 Å². The van der Waals surface area contributed by atoms with Gasteiger partial charge in [-0.15, -0.1) is 0 Å². The summed E-state index contributed by atoms with van der Waals surface area (Å²) in [5.74, 6) is 0.970. The third-order valence-corrected chi connectivity index (χ3v) is 2.09. The Morgan fingerprint density at radius 2 is 2.46 bits per heavy atom. The average Bonchev–Trinajstić information content (AvgIpc) is 2.44. The van der Waals surface area contributed by atoms with Gasteiger partial charge < -0.3 is 10.6 Å². The smallest absolute Gasteiger partial charge is 0.134 e. The van der Waals surface area contributed by atoms with Crippen LogP contribution in [-0.4, -0.2) is 12.0 Å². The van der Waals surface area contributed by atoms with Gasteiger partial charge in [0.1, 0.15) is 5.82 Å². The molecule has 2 N–H and O–H groups in total. The summed E-state index contributed by atoms with van der Waals surface area (Å²) in [5, 5.41) is 6.24. The molecule has 0 saturated carbocycles. The van der Waals surface area contributed by atoms with Crippen LogP contribution in [0, 0.1) is 0 Å². The third-order valence-electron chi connectivity index (χ3n) is 2.09. The standard InChI is InChI=1S/C10H13N3/c1-7-5-8-3-4-9(6-11-2)13-10(8)12-7/h3-4,11H,1,5-6H2,2H3,(H,12,13). The Kier molecular flexibility index (Phi) is 2.02. The Labute approximate surface area is 77.9 Å². The van der Waals surface area contributed by atoms with Gasteiger partial charge in [-0.3, -0.25) is 0 Å².